The minimum atomic E-state index is -0.0869. The van der Waals surface area contributed by atoms with Gasteiger partial charge in [-0.1, -0.05) is 55.8 Å². The molecule has 37 heavy (non-hydrogen) atoms. The van der Waals surface area contributed by atoms with Crippen LogP contribution in [0, 0.1) is 0 Å². The van der Waals surface area contributed by atoms with E-state index in [1.165, 1.54) is 5.56 Å². The van der Waals surface area contributed by atoms with E-state index in [4.69, 9.17) is 16.6 Å². The van der Waals surface area contributed by atoms with Crippen LogP contribution in [0.1, 0.15) is 48.2 Å². The van der Waals surface area contributed by atoms with Crippen molar-refractivity contribution < 1.29 is 4.79 Å². The van der Waals surface area contributed by atoms with Crippen LogP contribution in [-0.2, 0) is 6.42 Å². The van der Waals surface area contributed by atoms with Crippen molar-refractivity contribution in [1.29, 1.82) is 0 Å². The summed E-state index contributed by atoms with van der Waals surface area (Å²) in [5.41, 5.74) is 4.85. The Kier molecular flexibility index (Phi) is 9.20. The first-order chi connectivity index (χ1) is 17.9. The molecule has 1 heterocycles. The number of nitrogens with zero attached hydrogens (tertiary/aromatic N) is 2. The first kappa shape index (κ1) is 26.7. The van der Waals surface area contributed by atoms with Gasteiger partial charge in [-0.05, 0) is 72.9 Å². The van der Waals surface area contributed by atoms with E-state index >= 15 is 0 Å². The zero-order valence-electron chi connectivity index (χ0n) is 21.8. The van der Waals surface area contributed by atoms with E-state index in [9.17, 15) is 4.79 Å². The molecular formula is C30H36ClN5O. The molecule has 6 nitrogen and oxygen atoms in total. The third-order valence-corrected chi connectivity index (χ3v) is 6.72. The molecule has 7 heteroatoms. The van der Waals surface area contributed by atoms with Crippen LogP contribution in [0.5, 0.6) is 0 Å². The molecule has 1 aliphatic rings. The van der Waals surface area contributed by atoms with E-state index < -0.39 is 0 Å². The zero-order valence-corrected chi connectivity index (χ0v) is 22.6. The molecule has 1 aliphatic heterocycles. The molecule has 0 unspecified atom stereocenters. The molecule has 0 bridgehead atoms. The Morgan fingerprint density at radius 3 is 2.51 bits per heavy atom. The quantitative estimate of drug-likeness (QED) is 0.272. The van der Waals surface area contributed by atoms with E-state index in [0.717, 1.165) is 49.0 Å². The standard InChI is InChI=1S/C30H36ClN5O/c1-21(2)27-6-4-5-7-28(27)35-30(36-19-18-32-22(3)20-36)34-26-14-10-24(11-15-26)29(37)33-17-16-23-8-12-25(31)13-9-23/h4-15,21-22,32H,16-20H2,1-3H3,(H,33,37)(H,34,35)/t22-/m0/s1. The van der Waals surface area contributed by atoms with Gasteiger partial charge in [-0.15, -0.1) is 0 Å². The second-order valence-electron chi connectivity index (χ2n) is 9.78. The highest BCUT2D eigenvalue weighted by Gasteiger charge is 2.20. The van der Waals surface area contributed by atoms with E-state index in [0.29, 0.717) is 29.1 Å². The third kappa shape index (κ3) is 7.57. The fourth-order valence-corrected chi connectivity index (χ4v) is 4.53. The van der Waals surface area contributed by atoms with Gasteiger partial charge < -0.3 is 20.9 Å². The summed E-state index contributed by atoms with van der Waals surface area (Å²) >= 11 is 5.94. The van der Waals surface area contributed by atoms with E-state index in [2.05, 4.69) is 59.8 Å². The molecular weight excluding hydrogens is 482 g/mol. The molecule has 0 aromatic heterocycles. The Morgan fingerprint density at radius 2 is 1.81 bits per heavy atom. The van der Waals surface area contributed by atoms with Crippen LogP contribution in [-0.4, -0.2) is 49.0 Å². The largest absolute Gasteiger partial charge is 0.352 e. The molecule has 1 amide bonds. The van der Waals surface area contributed by atoms with Gasteiger partial charge in [0, 0.05) is 48.5 Å². The van der Waals surface area contributed by atoms with Crippen LogP contribution in [0.3, 0.4) is 0 Å². The number of halogens is 1. The normalized spacial score (nSPS) is 16.1. The third-order valence-electron chi connectivity index (χ3n) is 6.47. The van der Waals surface area contributed by atoms with Gasteiger partial charge in [0.2, 0.25) is 5.96 Å². The second kappa shape index (κ2) is 12.7. The van der Waals surface area contributed by atoms with Crippen molar-refractivity contribution in [3.05, 3.63) is 94.5 Å². The maximum Gasteiger partial charge on any atom is 0.251 e. The van der Waals surface area contributed by atoms with Crippen LogP contribution in [0.4, 0.5) is 11.4 Å². The van der Waals surface area contributed by atoms with Crippen molar-refractivity contribution in [3.8, 4) is 0 Å². The Bertz CT molecular complexity index is 1210. The van der Waals surface area contributed by atoms with Crippen molar-refractivity contribution in [2.45, 2.75) is 39.2 Å². The van der Waals surface area contributed by atoms with Gasteiger partial charge in [0.05, 0.1) is 5.69 Å². The summed E-state index contributed by atoms with van der Waals surface area (Å²) in [7, 11) is 0. The molecule has 1 atom stereocenters. The molecule has 3 N–H and O–H groups in total. The highest BCUT2D eigenvalue weighted by atomic mass is 35.5. The lowest BCUT2D eigenvalue weighted by Gasteiger charge is -2.34. The maximum absolute atomic E-state index is 12.7. The molecule has 0 radical (unpaired) electrons. The lowest BCUT2D eigenvalue weighted by Crippen LogP contribution is -2.53. The number of guanidine groups is 1. The molecule has 3 aromatic carbocycles. The number of benzene rings is 3. The first-order valence-corrected chi connectivity index (χ1v) is 13.3. The Hall–Kier alpha value is -3.35. The highest BCUT2D eigenvalue weighted by molar-refractivity contribution is 6.30. The fourth-order valence-electron chi connectivity index (χ4n) is 4.40. The molecule has 0 aliphatic carbocycles. The number of carbonyl (C=O) groups excluding carboxylic acids is 1. The lowest BCUT2D eigenvalue weighted by molar-refractivity contribution is 0.0954. The lowest BCUT2D eigenvalue weighted by atomic mass is 10.0. The molecule has 0 saturated carbocycles. The molecule has 1 saturated heterocycles. The van der Waals surface area contributed by atoms with Gasteiger partial charge >= 0.3 is 0 Å². The van der Waals surface area contributed by atoms with Crippen molar-refractivity contribution in [2.75, 3.05) is 31.5 Å². The first-order valence-electron chi connectivity index (χ1n) is 12.9. The second-order valence-corrected chi connectivity index (χ2v) is 10.2. The van der Waals surface area contributed by atoms with Gasteiger partial charge in [-0.2, -0.15) is 0 Å². The van der Waals surface area contributed by atoms with E-state index in [1.807, 2.05) is 54.6 Å². The Balaban J connectivity index is 1.45. The summed E-state index contributed by atoms with van der Waals surface area (Å²) in [5, 5.41) is 10.7. The smallest absolute Gasteiger partial charge is 0.251 e. The zero-order chi connectivity index (χ0) is 26.2. The van der Waals surface area contributed by atoms with Crippen LogP contribution >= 0.6 is 11.6 Å². The number of anilines is 1. The van der Waals surface area contributed by atoms with E-state index in [1.54, 1.807) is 0 Å². The average Bonchev–Trinajstić information content (AvgIpc) is 2.90. The number of para-hydroxylation sites is 1. The molecule has 3 aromatic rings. The number of hydrogen-bond acceptors (Lipinski definition) is 3. The predicted molar refractivity (Wildman–Crippen MR) is 154 cm³/mol. The van der Waals surface area contributed by atoms with Crippen molar-refractivity contribution in [2.24, 2.45) is 4.99 Å². The van der Waals surface area contributed by atoms with Crippen LogP contribution in [0.2, 0.25) is 5.02 Å². The predicted octanol–water partition coefficient (Wildman–Crippen LogP) is 5.83. The summed E-state index contributed by atoms with van der Waals surface area (Å²) < 4.78 is 0. The molecule has 4 rings (SSSR count). The minimum absolute atomic E-state index is 0.0869. The van der Waals surface area contributed by atoms with Gasteiger partial charge in [0.15, 0.2) is 0 Å². The molecule has 0 spiro atoms. The summed E-state index contributed by atoms with van der Waals surface area (Å²) in [5.74, 6) is 1.11. The number of nitrogens with one attached hydrogen (secondary N) is 3. The Labute approximate surface area is 225 Å². The summed E-state index contributed by atoms with van der Waals surface area (Å²) in [6, 6.07) is 23.9. The van der Waals surface area contributed by atoms with Crippen LogP contribution in [0.25, 0.3) is 0 Å². The van der Waals surface area contributed by atoms with Crippen molar-refractivity contribution in [3.63, 3.8) is 0 Å². The summed E-state index contributed by atoms with van der Waals surface area (Å²) in [6.45, 7) is 9.77. The number of piperazine rings is 1. The monoisotopic (exact) mass is 517 g/mol. The summed E-state index contributed by atoms with van der Waals surface area (Å²) in [4.78, 5) is 20.0. The van der Waals surface area contributed by atoms with Gasteiger partial charge in [0.1, 0.15) is 0 Å². The molecule has 194 valence electrons. The number of carbonyl (C=O) groups is 1. The van der Waals surface area contributed by atoms with Gasteiger partial charge in [-0.25, -0.2) is 4.99 Å². The summed E-state index contributed by atoms with van der Waals surface area (Å²) in [6.07, 6.45) is 0.753. The van der Waals surface area contributed by atoms with Gasteiger partial charge in [0.25, 0.3) is 5.91 Å². The van der Waals surface area contributed by atoms with Crippen molar-refractivity contribution >= 4 is 34.8 Å². The van der Waals surface area contributed by atoms with E-state index in [-0.39, 0.29) is 5.91 Å². The SMILES string of the molecule is CC(C)c1ccccc1N=C(Nc1ccc(C(=O)NCCc2ccc(Cl)cc2)cc1)N1CCN[C@@H](C)C1. The molecule has 1 fully saturated rings. The van der Waals surface area contributed by atoms with Crippen LogP contribution in [0.15, 0.2) is 77.8 Å². The number of rotatable bonds is 7. The number of hydrogen-bond donors (Lipinski definition) is 3. The number of amides is 1. The van der Waals surface area contributed by atoms with Crippen LogP contribution < -0.4 is 16.0 Å². The van der Waals surface area contributed by atoms with Crippen molar-refractivity contribution in [1.82, 2.24) is 15.5 Å². The minimum Gasteiger partial charge on any atom is -0.352 e. The highest BCUT2D eigenvalue weighted by Crippen LogP contribution is 2.27. The number of aliphatic imine (C=N–C) groups is 1. The topological polar surface area (TPSA) is 68.8 Å². The average molecular weight is 518 g/mol. The fraction of sp³-hybridized carbons (Fsp3) is 0.333. The van der Waals surface area contributed by atoms with Gasteiger partial charge in [-0.3, -0.25) is 4.79 Å². The maximum atomic E-state index is 12.7. The Morgan fingerprint density at radius 1 is 1.08 bits per heavy atom.